The molecule has 16 heavy (non-hydrogen) atoms. The van der Waals surface area contributed by atoms with Crippen molar-refractivity contribution in [3.8, 4) is 0 Å². The van der Waals surface area contributed by atoms with Gasteiger partial charge in [-0.2, -0.15) is 0 Å². The first-order valence-corrected chi connectivity index (χ1v) is 5.33. The number of amides is 1. The molecule has 1 saturated heterocycles. The van der Waals surface area contributed by atoms with E-state index in [0.29, 0.717) is 25.2 Å². The van der Waals surface area contributed by atoms with Crippen LogP contribution in [-0.4, -0.2) is 59.0 Å². The standard InChI is InChI=1S/C11H18N2O3/c1-8-6-13(7-9(2)12(8)3)10(14)4-5-11(15)16/h4-5,8-9H,6-7H2,1-3H3,(H,15,16)/b5-4+. The van der Waals surface area contributed by atoms with Gasteiger partial charge in [-0.25, -0.2) is 4.79 Å². The topological polar surface area (TPSA) is 60.9 Å². The Morgan fingerprint density at radius 3 is 2.12 bits per heavy atom. The van der Waals surface area contributed by atoms with E-state index in [4.69, 9.17) is 5.11 Å². The van der Waals surface area contributed by atoms with E-state index in [2.05, 4.69) is 18.7 Å². The highest BCUT2D eigenvalue weighted by atomic mass is 16.4. The van der Waals surface area contributed by atoms with E-state index in [1.807, 2.05) is 7.05 Å². The summed E-state index contributed by atoms with van der Waals surface area (Å²) >= 11 is 0. The number of carbonyl (C=O) groups excluding carboxylic acids is 1. The fourth-order valence-corrected chi connectivity index (χ4v) is 1.83. The average Bonchev–Trinajstić information content (AvgIpc) is 2.21. The second kappa shape index (κ2) is 5.12. The molecule has 90 valence electrons. The molecular weight excluding hydrogens is 208 g/mol. The third kappa shape index (κ3) is 3.06. The minimum absolute atomic E-state index is 0.228. The number of rotatable bonds is 2. The molecule has 1 heterocycles. The normalized spacial score (nSPS) is 27.3. The van der Waals surface area contributed by atoms with Gasteiger partial charge in [-0.05, 0) is 20.9 Å². The highest BCUT2D eigenvalue weighted by Crippen LogP contribution is 2.13. The van der Waals surface area contributed by atoms with Gasteiger partial charge in [-0.15, -0.1) is 0 Å². The lowest BCUT2D eigenvalue weighted by Crippen LogP contribution is -2.56. The second-order valence-electron chi connectivity index (χ2n) is 4.28. The Kier molecular flexibility index (Phi) is 4.06. The van der Waals surface area contributed by atoms with Crippen LogP contribution in [0.15, 0.2) is 12.2 Å². The lowest BCUT2D eigenvalue weighted by Gasteiger charge is -2.42. The molecule has 5 heteroatoms. The maximum absolute atomic E-state index is 11.7. The van der Waals surface area contributed by atoms with E-state index in [0.717, 1.165) is 12.2 Å². The van der Waals surface area contributed by atoms with Gasteiger partial charge in [0.25, 0.3) is 0 Å². The summed E-state index contributed by atoms with van der Waals surface area (Å²) in [5.74, 6) is -1.32. The van der Waals surface area contributed by atoms with Crippen LogP contribution in [0.2, 0.25) is 0 Å². The Balaban J connectivity index is 2.61. The molecule has 2 unspecified atom stereocenters. The average molecular weight is 226 g/mol. The summed E-state index contributed by atoms with van der Waals surface area (Å²) in [5.41, 5.74) is 0. The Morgan fingerprint density at radius 1 is 1.19 bits per heavy atom. The Labute approximate surface area is 95.3 Å². The summed E-state index contributed by atoms with van der Waals surface area (Å²) in [6.45, 7) is 5.39. The zero-order valence-electron chi connectivity index (χ0n) is 9.88. The van der Waals surface area contributed by atoms with Crippen LogP contribution in [0.1, 0.15) is 13.8 Å². The molecule has 5 nitrogen and oxygen atoms in total. The zero-order chi connectivity index (χ0) is 12.3. The molecular formula is C11H18N2O3. The monoisotopic (exact) mass is 226 g/mol. The first-order valence-electron chi connectivity index (χ1n) is 5.33. The van der Waals surface area contributed by atoms with Crippen molar-refractivity contribution in [3.63, 3.8) is 0 Å². The maximum Gasteiger partial charge on any atom is 0.328 e. The summed E-state index contributed by atoms with van der Waals surface area (Å²) < 4.78 is 0. The third-order valence-corrected chi connectivity index (χ3v) is 3.04. The number of nitrogens with zero attached hydrogens (tertiary/aromatic N) is 2. The summed E-state index contributed by atoms with van der Waals surface area (Å²) in [6.07, 6.45) is 2.00. The summed E-state index contributed by atoms with van der Waals surface area (Å²) in [4.78, 5) is 25.9. The van der Waals surface area contributed by atoms with Crippen molar-refractivity contribution < 1.29 is 14.7 Å². The lowest BCUT2D eigenvalue weighted by molar-refractivity contribution is -0.133. The van der Waals surface area contributed by atoms with Gasteiger partial charge in [-0.1, -0.05) is 0 Å². The first-order chi connectivity index (χ1) is 7.41. The molecule has 0 aromatic rings. The van der Waals surface area contributed by atoms with Crippen LogP contribution in [0.5, 0.6) is 0 Å². The molecule has 1 aliphatic rings. The quantitative estimate of drug-likeness (QED) is 0.682. The smallest absolute Gasteiger partial charge is 0.328 e. The summed E-state index contributed by atoms with van der Waals surface area (Å²) in [5, 5.41) is 8.44. The predicted octanol–water partition coefficient (Wildman–Crippen LogP) is 0.178. The molecule has 0 saturated carbocycles. The van der Waals surface area contributed by atoms with Crippen LogP contribution in [-0.2, 0) is 9.59 Å². The van der Waals surface area contributed by atoms with Gasteiger partial charge in [-0.3, -0.25) is 9.69 Å². The Morgan fingerprint density at radius 2 is 1.69 bits per heavy atom. The van der Waals surface area contributed by atoms with Crippen LogP contribution in [0.3, 0.4) is 0 Å². The number of hydrogen-bond acceptors (Lipinski definition) is 3. The molecule has 1 fully saturated rings. The molecule has 0 aromatic carbocycles. The molecule has 0 aliphatic carbocycles. The van der Waals surface area contributed by atoms with Gasteiger partial charge in [0.15, 0.2) is 0 Å². The number of aliphatic carboxylic acids is 1. The van der Waals surface area contributed by atoms with E-state index in [1.54, 1.807) is 4.90 Å². The van der Waals surface area contributed by atoms with E-state index < -0.39 is 5.97 Å². The van der Waals surface area contributed by atoms with Crippen molar-refractivity contribution in [1.29, 1.82) is 0 Å². The zero-order valence-corrected chi connectivity index (χ0v) is 9.88. The van der Waals surface area contributed by atoms with Crippen molar-refractivity contribution in [2.45, 2.75) is 25.9 Å². The Hall–Kier alpha value is -1.36. The number of carbonyl (C=O) groups is 2. The minimum atomic E-state index is -1.09. The molecule has 1 amide bonds. The largest absolute Gasteiger partial charge is 0.478 e. The molecule has 0 radical (unpaired) electrons. The van der Waals surface area contributed by atoms with Gasteiger partial charge in [0, 0.05) is 37.3 Å². The third-order valence-electron chi connectivity index (χ3n) is 3.04. The summed E-state index contributed by atoms with van der Waals surface area (Å²) in [7, 11) is 2.03. The first kappa shape index (κ1) is 12.7. The summed E-state index contributed by atoms with van der Waals surface area (Å²) in [6, 6.07) is 0.594. The van der Waals surface area contributed by atoms with E-state index in [9.17, 15) is 9.59 Å². The highest BCUT2D eigenvalue weighted by Gasteiger charge is 2.28. The molecule has 0 bridgehead atoms. The van der Waals surface area contributed by atoms with Gasteiger partial charge in [0.1, 0.15) is 0 Å². The van der Waals surface area contributed by atoms with Crippen LogP contribution < -0.4 is 0 Å². The molecule has 1 rings (SSSR count). The van der Waals surface area contributed by atoms with Gasteiger partial charge >= 0.3 is 5.97 Å². The highest BCUT2D eigenvalue weighted by molar-refractivity contribution is 5.94. The fourth-order valence-electron chi connectivity index (χ4n) is 1.83. The number of carboxylic acid groups (broad SMARTS) is 1. The van der Waals surface area contributed by atoms with E-state index in [1.165, 1.54) is 0 Å². The minimum Gasteiger partial charge on any atom is -0.478 e. The molecule has 2 atom stereocenters. The number of piperazine rings is 1. The fraction of sp³-hybridized carbons (Fsp3) is 0.636. The van der Waals surface area contributed by atoms with Gasteiger partial charge < -0.3 is 10.0 Å². The number of hydrogen-bond donors (Lipinski definition) is 1. The van der Waals surface area contributed by atoms with Crippen LogP contribution >= 0.6 is 0 Å². The van der Waals surface area contributed by atoms with E-state index in [-0.39, 0.29) is 5.91 Å². The predicted molar refractivity (Wildman–Crippen MR) is 60.0 cm³/mol. The van der Waals surface area contributed by atoms with Gasteiger partial charge in [0.2, 0.25) is 5.91 Å². The number of carboxylic acids is 1. The lowest BCUT2D eigenvalue weighted by atomic mass is 10.1. The van der Waals surface area contributed by atoms with Crippen molar-refractivity contribution in [1.82, 2.24) is 9.80 Å². The molecule has 1 N–H and O–H groups in total. The van der Waals surface area contributed by atoms with Crippen LogP contribution in [0.25, 0.3) is 0 Å². The Bertz CT molecular complexity index is 302. The molecule has 1 aliphatic heterocycles. The van der Waals surface area contributed by atoms with Crippen molar-refractivity contribution in [2.75, 3.05) is 20.1 Å². The number of likely N-dealkylation sites (N-methyl/N-ethyl adjacent to an activating group) is 1. The SMILES string of the molecule is CC1CN(C(=O)/C=C/C(=O)O)CC(C)N1C. The van der Waals surface area contributed by atoms with Crippen LogP contribution in [0.4, 0.5) is 0 Å². The maximum atomic E-state index is 11.7. The van der Waals surface area contributed by atoms with E-state index >= 15 is 0 Å². The van der Waals surface area contributed by atoms with Crippen molar-refractivity contribution in [3.05, 3.63) is 12.2 Å². The van der Waals surface area contributed by atoms with Crippen LogP contribution in [0, 0.1) is 0 Å². The van der Waals surface area contributed by atoms with Gasteiger partial charge in [0.05, 0.1) is 0 Å². The van der Waals surface area contributed by atoms with Crippen molar-refractivity contribution >= 4 is 11.9 Å². The second-order valence-corrected chi connectivity index (χ2v) is 4.28. The molecule has 0 aromatic heterocycles. The van der Waals surface area contributed by atoms with Crippen molar-refractivity contribution in [2.24, 2.45) is 0 Å². The molecule has 0 spiro atoms.